The third-order valence-corrected chi connectivity index (χ3v) is 12.0. The number of aliphatic hydroxyl groups is 1. The maximum Gasteiger partial charge on any atom is 0.335 e. The number of pyridine rings is 1. The van der Waals surface area contributed by atoms with Gasteiger partial charge in [0.2, 0.25) is 29.5 Å². The molecule has 0 unspecified atom stereocenters. The second kappa shape index (κ2) is 20.4. The van der Waals surface area contributed by atoms with Gasteiger partial charge in [-0.05, 0) is 62.6 Å². The van der Waals surface area contributed by atoms with Crippen molar-refractivity contribution in [1.29, 1.82) is 0 Å². The van der Waals surface area contributed by atoms with E-state index in [0.29, 0.717) is 0 Å². The zero-order chi connectivity index (χ0) is 47.2. The molecule has 8 atom stereocenters. The zero-order valence-corrected chi connectivity index (χ0v) is 37.8. The van der Waals surface area contributed by atoms with Crippen molar-refractivity contribution in [2.75, 3.05) is 27.7 Å². The van der Waals surface area contributed by atoms with Crippen molar-refractivity contribution < 1.29 is 53.3 Å². The minimum absolute atomic E-state index is 0.0173. The van der Waals surface area contributed by atoms with Crippen LogP contribution in [0.5, 0.6) is 5.75 Å². The number of carbonyl (C=O) groups excluding carboxylic acids is 8. The van der Waals surface area contributed by atoms with E-state index in [1.54, 1.807) is 39.0 Å². The molecule has 1 aromatic carbocycles. The summed E-state index contributed by atoms with van der Waals surface area (Å²) in [6, 6.07) is 3.70. The molecule has 1 aromatic heterocycles. The summed E-state index contributed by atoms with van der Waals surface area (Å²) in [6.07, 6.45) is -2.37. The molecule has 0 spiro atoms. The lowest BCUT2D eigenvalue weighted by Gasteiger charge is -2.43. The van der Waals surface area contributed by atoms with Gasteiger partial charge in [0, 0.05) is 40.3 Å². The fourth-order valence-electron chi connectivity index (χ4n) is 7.80. The van der Waals surface area contributed by atoms with E-state index in [1.165, 1.54) is 77.3 Å². The Hall–Kier alpha value is -6.11. The fourth-order valence-corrected chi connectivity index (χ4v) is 7.80. The largest absolute Gasteiger partial charge is 0.505 e. The Kier molecular flexibility index (Phi) is 16.0. The smallest absolute Gasteiger partial charge is 0.335 e. The molecule has 19 nitrogen and oxygen atoms in total. The van der Waals surface area contributed by atoms with E-state index in [1.807, 2.05) is 13.8 Å². The number of hydrogen-bond donors (Lipinski definition) is 5. The van der Waals surface area contributed by atoms with Crippen LogP contribution in [0.1, 0.15) is 90.3 Å². The van der Waals surface area contributed by atoms with E-state index >= 15 is 0 Å². The van der Waals surface area contributed by atoms with Crippen LogP contribution < -0.4 is 16.0 Å². The standard InChI is InChI=1S/C44H62N8O11/c1-23(2)20-29-40(59)52-22-28(53)21-30(52)41(60)51(11)44(7,8)43(62)50(10)33(25(5)24(3)4)36(56)46-26(6)39(58)49(9)34(27-16-13-12-14-17-27)42(61)63-38(37(57)47-29)48-35(55)32-31(54)18-15-19-45-32/h12-19,23-26,28-30,33-34,38,53-54H,20-22H2,1-11H3,(H,46,56)(H,47,57)(H,48,55)/t25-,26-,28+,29-,30-,33+,34+,38+/m0/s1. The molecular formula is C44H62N8O11. The van der Waals surface area contributed by atoms with Crippen molar-refractivity contribution in [2.24, 2.45) is 17.8 Å². The van der Waals surface area contributed by atoms with Crippen LogP contribution in [0.3, 0.4) is 0 Å². The molecule has 19 heteroatoms. The molecule has 2 fully saturated rings. The summed E-state index contributed by atoms with van der Waals surface area (Å²) in [6.45, 7) is 13.1. The molecule has 344 valence electrons. The number of amides is 7. The molecule has 4 rings (SSSR count). The summed E-state index contributed by atoms with van der Waals surface area (Å²) < 4.78 is 5.74. The number of aromatic hydroxyl groups is 1. The molecule has 0 bridgehead atoms. The average Bonchev–Trinajstić information content (AvgIpc) is 3.62. The molecule has 2 saturated heterocycles. The maximum absolute atomic E-state index is 14.6. The summed E-state index contributed by atoms with van der Waals surface area (Å²) in [5, 5.41) is 28.8. The Balaban J connectivity index is 1.91. The SMILES string of the molecule is CC(C)C[C@@H]1NC(=O)[C@H](NC(=O)c2ncccc2O)OC(=O)[C@@H](c2ccccc2)N(C)C(=O)[C@H](C)NC(=O)[C@@H]([C@@H](C)C(C)C)N(C)C(=O)C(C)(C)N(C)C(=O)[C@@H]2C[C@@H](O)CN2C1=O. The van der Waals surface area contributed by atoms with Crippen molar-refractivity contribution in [2.45, 2.75) is 116 Å². The van der Waals surface area contributed by atoms with Gasteiger partial charge >= 0.3 is 5.97 Å². The Labute approximate surface area is 367 Å². The first-order valence-electron chi connectivity index (χ1n) is 21.0. The van der Waals surface area contributed by atoms with Crippen LogP contribution in [0.2, 0.25) is 0 Å². The molecule has 2 aliphatic heterocycles. The van der Waals surface area contributed by atoms with Crippen LogP contribution in [0.4, 0.5) is 0 Å². The van der Waals surface area contributed by atoms with Crippen molar-refractivity contribution >= 4 is 47.3 Å². The molecule has 5 N–H and O–H groups in total. The lowest BCUT2D eigenvalue weighted by molar-refractivity contribution is -0.165. The third kappa shape index (κ3) is 11.1. The van der Waals surface area contributed by atoms with Gasteiger partial charge < -0.3 is 50.5 Å². The first-order chi connectivity index (χ1) is 29.4. The molecule has 3 heterocycles. The van der Waals surface area contributed by atoms with Gasteiger partial charge in [0.15, 0.2) is 11.7 Å². The molecule has 63 heavy (non-hydrogen) atoms. The molecule has 7 amide bonds. The van der Waals surface area contributed by atoms with Gasteiger partial charge in [-0.3, -0.25) is 33.6 Å². The molecular weight excluding hydrogens is 817 g/mol. The number of carbonyl (C=O) groups is 8. The highest BCUT2D eigenvalue weighted by Crippen LogP contribution is 2.29. The predicted molar refractivity (Wildman–Crippen MR) is 228 cm³/mol. The third-order valence-electron chi connectivity index (χ3n) is 12.0. The predicted octanol–water partition coefficient (Wildman–Crippen LogP) is 0.953. The fraction of sp³-hybridized carbons (Fsp3) is 0.568. The number of rotatable bonds is 7. The monoisotopic (exact) mass is 878 g/mol. The molecule has 2 aliphatic rings. The van der Waals surface area contributed by atoms with Gasteiger partial charge in [0.1, 0.15) is 35.5 Å². The maximum atomic E-state index is 14.6. The number of nitrogens with zero attached hydrogens (tertiary/aromatic N) is 5. The van der Waals surface area contributed by atoms with E-state index in [0.717, 1.165) is 14.7 Å². The minimum atomic E-state index is -2.21. The van der Waals surface area contributed by atoms with Crippen molar-refractivity contribution in [3.05, 3.63) is 59.9 Å². The summed E-state index contributed by atoms with van der Waals surface area (Å²) in [7, 11) is 4.10. The Bertz CT molecular complexity index is 2050. The molecule has 0 radical (unpaired) electrons. The lowest BCUT2D eigenvalue weighted by atomic mass is 9.87. The van der Waals surface area contributed by atoms with E-state index in [2.05, 4.69) is 20.9 Å². The van der Waals surface area contributed by atoms with Crippen LogP contribution in [-0.4, -0.2) is 152 Å². The topological polar surface area (TPSA) is 248 Å². The number of cyclic esters (lactones) is 1. The first kappa shape index (κ1) is 49.5. The van der Waals surface area contributed by atoms with Gasteiger partial charge in [0.25, 0.3) is 18.0 Å². The quantitative estimate of drug-likeness (QED) is 0.244. The number of ether oxygens (including phenoxy) is 1. The highest BCUT2D eigenvalue weighted by Gasteiger charge is 2.49. The van der Waals surface area contributed by atoms with Crippen LogP contribution in [0.15, 0.2) is 48.7 Å². The Morgan fingerprint density at radius 1 is 0.889 bits per heavy atom. The second-order valence-corrected chi connectivity index (χ2v) is 17.7. The number of likely N-dealkylation sites (N-methyl/N-ethyl adjacent to an activating group) is 3. The highest BCUT2D eigenvalue weighted by atomic mass is 16.6. The van der Waals surface area contributed by atoms with Crippen LogP contribution in [0, 0.1) is 17.8 Å². The number of benzene rings is 1. The summed E-state index contributed by atoms with van der Waals surface area (Å²) >= 11 is 0. The number of fused-ring (bicyclic) bond motifs is 1. The average molecular weight is 879 g/mol. The van der Waals surface area contributed by atoms with E-state index in [-0.39, 0.29) is 36.8 Å². The summed E-state index contributed by atoms with van der Waals surface area (Å²) in [5.41, 5.74) is -1.92. The van der Waals surface area contributed by atoms with Crippen molar-refractivity contribution in [1.82, 2.24) is 40.5 Å². The lowest BCUT2D eigenvalue weighted by Crippen LogP contribution is -2.64. The van der Waals surface area contributed by atoms with Gasteiger partial charge in [-0.15, -0.1) is 0 Å². The van der Waals surface area contributed by atoms with Crippen molar-refractivity contribution in [3.63, 3.8) is 0 Å². The van der Waals surface area contributed by atoms with E-state index in [9.17, 15) is 48.6 Å². The summed E-state index contributed by atoms with van der Waals surface area (Å²) in [5.74, 6) is -8.58. The first-order valence-corrected chi connectivity index (χ1v) is 21.0. The summed E-state index contributed by atoms with van der Waals surface area (Å²) in [4.78, 5) is 123. The second-order valence-electron chi connectivity index (χ2n) is 17.7. The number of aliphatic hydroxyl groups excluding tert-OH is 1. The molecule has 2 aromatic rings. The van der Waals surface area contributed by atoms with Crippen LogP contribution in [0.25, 0.3) is 0 Å². The number of aromatic nitrogens is 1. The zero-order valence-electron chi connectivity index (χ0n) is 37.8. The number of esters is 1. The number of nitrogens with one attached hydrogen (secondary N) is 3. The molecule has 0 saturated carbocycles. The van der Waals surface area contributed by atoms with Gasteiger partial charge in [0.05, 0.1) is 6.10 Å². The van der Waals surface area contributed by atoms with Gasteiger partial charge in [-0.25, -0.2) is 9.78 Å². The Morgan fingerprint density at radius 3 is 2.11 bits per heavy atom. The Morgan fingerprint density at radius 2 is 1.52 bits per heavy atom. The normalized spacial score (nSPS) is 26.5. The minimum Gasteiger partial charge on any atom is -0.505 e. The highest BCUT2D eigenvalue weighted by molar-refractivity contribution is 6.01. The molecule has 0 aliphatic carbocycles. The van der Waals surface area contributed by atoms with Crippen molar-refractivity contribution in [3.8, 4) is 5.75 Å². The van der Waals surface area contributed by atoms with Gasteiger partial charge in [-0.1, -0.05) is 65.0 Å². The van der Waals surface area contributed by atoms with Crippen LogP contribution in [-0.2, 0) is 38.3 Å². The van der Waals surface area contributed by atoms with E-state index < -0.39 is 113 Å². The van der Waals surface area contributed by atoms with E-state index in [4.69, 9.17) is 4.74 Å². The van der Waals surface area contributed by atoms with Gasteiger partial charge in [-0.2, -0.15) is 0 Å². The number of hydrogen-bond acceptors (Lipinski definition) is 12. The van der Waals surface area contributed by atoms with Crippen LogP contribution >= 0.6 is 0 Å².